The van der Waals surface area contributed by atoms with Gasteiger partial charge in [0.15, 0.2) is 0 Å². The third-order valence-electron chi connectivity index (χ3n) is 9.68. The van der Waals surface area contributed by atoms with Crippen LogP contribution in [-0.2, 0) is 26.6 Å². The minimum Gasteiger partial charge on any atom is -0.490 e. The lowest BCUT2D eigenvalue weighted by atomic mass is 9.68. The summed E-state index contributed by atoms with van der Waals surface area (Å²) in [6, 6.07) is 11.3. The third-order valence-corrected chi connectivity index (χ3v) is 11.6. The molecule has 1 amide bonds. The summed E-state index contributed by atoms with van der Waals surface area (Å²) in [6.07, 6.45) is 8.66. The van der Waals surface area contributed by atoms with Crippen molar-refractivity contribution < 1.29 is 27.8 Å². The second-order valence-corrected chi connectivity index (χ2v) is 14.7. The molecular weight excluding hydrogens is 576 g/mol. The fourth-order valence-electron chi connectivity index (χ4n) is 7.26. The first kappa shape index (κ1) is 29.5. The van der Waals surface area contributed by atoms with Gasteiger partial charge in [-0.2, -0.15) is 0 Å². The van der Waals surface area contributed by atoms with Crippen LogP contribution in [0.25, 0.3) is 0 Å². The Kier molecular flexibility index (Phi) is 8.30. The van der Waals surface area contributed by atoms with E-state index in [2.05, 4.69) is 21.8 Å². The van der Waals surface area contributed by atoms with E-state index >= 15 is 0 Å². The largest absolute Gasteiger partial charge is 0.490 e. The monoisotopic (exact) mass is 614 g/mol. The Morgan fingerprint density at radius 3 is 2.83 bits per heavy atom. The molecule has 5 atom stereocenters. The Bertz CT molecular complexity index is 1480. The molecular formula is C32H39ClN2O6S. The van der Waals surface area contributed by atoms with E-state index in [-0.39, 0.29) is 35.8 Å². The second kappa shape index (κ2) is 11.8. The number of hydrogen-bond acceptors (Lipinski definition) is 7. The van der Waals surface area contributed by atoms with Crippen molar-refractivity contribution in [1.82, 2.24) is 4.72 Å². The van der Waals surface area contributed by atoms with Crippen LogP contribution in [0.4, 0.5) is 5.69 Å². The van der Waals surface area contributed by atoms with Gasteiger partial charge in [0.05, 0.1) is 25.0 Å². The summed E-state index contributed by atoms with van der Waals surface area (Å²) >= 11 is 6.38. The normalized spacial score (nSPS) is 31.5. The Labute approximate surface area is 253 Å². The molecule has 2 aliphatic carbocycles. The van der Waals surface area contributed by atoms with Crippen LogP contribution >= 0.6 is 11.6 Å². The van der Waals surface area contributed by atoms with Gasteiger partial charge in [0.25, 0.3) is 5.91 Å². The molecule has 0 saturated heterocycles. The molecule has 2 aliphatic heterocycles. The number of allylic oxidation sites excluding steroid dienone is 1. The number of fused-ring (bicyclic) bond motifs is 4. The van der Waals surface area contributed by atoms with Crippen molar-refractivity contribution in [2.75, 3.05) is 38.3 Å². The first-order valence-electron chi connectivity index (χ1n) is 14.9. The number of aliphatic hydroxyl groups excluding tert-OH is 1. The fourth-order valence-corrected chi connectivity index (χ4v) is 8.75. The molecule has 2 heterocycles. The summed E-state index contributed by atoms with van der Waals surface area (Å²) in [4.78, 5) is 15.7. The zero-order chi connectivity index (χ0) is 29.5. The van der Waals surface area contributed by atoms with Gasteiger partial charge < -0.3 is 19.5 Å². The molecule has 226 valence electrons. The predicted molar refractivity (Wildman–Crippen MR) is 163 cm³/mol. The number of benzene rings is 2. The highest BCUT2D eigenvalue weighted by Crippen LogP contribution is 2.46. The van der Waals surface area contributed by atoms with E-state index in [9.17, 15) is 18.3 Å². The lowest BCUT2D eigenvalue weighted by Crippen LogP contribution is -2.49. The maximum absolute atomic E-state index is 13.4. The molecule has 2 bridgehead atoms. The van der Waals surface area contributed by atoms with Crippen LogP contribution in [0.3, 0.4) is 0 Å². The number of carbonyl (C=O) groups excluding carboxylic acids is 1. The van der Waals surface area contributed by atoms with Gasteiger partial charge in [0, 0.05) is 36.2 Å². The van der Waals surface area contributed by atoms with Crippen LogP contribution in [0.2, 0.25) is 5.02 Å². The van der Waals surface area contributed by atoms with Gasteiger partial charge in [-0.25, -0.2) is 13.1 Å². The van der Waals surface area contributed by atoms with Crippen molar-refractivity contribution in [2.24, 2.45) is 11.8 Å². The maximum Gasteiger partial charge on any atom is 0.264 e. The lowest BCUT2D eigenvalue weighted by Gasteiger charge is -2.45. The highest BCUT2D eigenvalue weighted by Gasteiger charge is 2.44. The molecule has 4 aliphatic rings. The van der Waals surface area contributed by atoms with E-state index in [0.717, 1.165) is 42.8 Å². The summed E-state index contributed by atoms with van der Waals surface area (Å²) in [5.41, 5.74) is 3.25. The lowest BCUT2D eigenvalue weighted by molar-refractivity contribution is 0.0456. The molecule has 42 heavy (non-hydrogen) atoms. The van der Waals surface area contributed by atoms with Crippen molar-refractivity contribution in [3.05, 3.63) is 70.3 Å². The van der Waals surface area contributed by atoms with Crippen LogP contribution in [-0.4, -0.2) is 64.2 Å². The van der Waals surface area contributed by atoms with Gasteiger partial charge in [-0.3, -0.25) is 4.79 Å². The molecule has 0 unspecified atom stereocenters. The summed E-state index contributed by atoms with van der Waals surface area (Å²) < 4.78 is 40.4. The third kappa shape index (κ3) is 5.68. The minimum absolute atomic E-state index is 0.0374. The standard InChI is InChI=1S/C32H39ClN2O6S/c1-40-18-25-6-2-3-7-29(36)26-11-8-23(26)17-35-19-32(14-4-5-21-15-24(33)10-12-27(21)32)20-41-30-13-9-22(16-28(30)35)31(37)34-42(25,38)39/h3,7,9-10,12-13,15-16,23,25-26,29,36H,2,4-6,8,11,14,17-20H2,1H3,(H,34,37)/b7-3+/t23-,25+,26+,29-,32-/m0/s1. The number of hydrogen-bond donors (Lipinski definition) is 2. The molecule has 0 radical (unpaired) electrons. The van der Waals surface area contributed by atoms with Crippen LogP contribution in [0.1, 0.15) is 60.0 Å². The number of halogens is 1. The van der Waals surface area contributed by atoms with E-state index in [0.29, 0.717) is 31.9 Å². The molecule has 1 saturated carbocycles. The first-order valence-corrected chi connectivity index (χ1v) is 16.8. The number of rotatable bonds is 2. The molecule has 8 nitrogen and oxygen atoms in total. The van der Waals surface area contributed by atoms with Crippen molar-refractivity contribution in [1.29, 1.82) is 0 Å². The van der Waals surface area contributed by atoms with Gasteiger partial charge >= 0.3 is 0 Å². The summed E-state index contributed by atoms with van der Waals surface area (Å²) in [6.45, 7) is 1.84. The minimum atomic E-state index is -4.01. The maximum atomic E-state index is 13.4. The zero-order valence-corrected chi connectivity index (χ0v) is 25.5. The molecule has 6 rings (SSSR count). The number of ether oxygens (including phenoxy) is 2. The number of methoxy groups -OCH3 is 1. The summed E-state index contributed by atoms with van der Waals surface area (Å²) in [5, 5.41) is 10.9. The highest BCUT2D eigenvalue weighted by atomic mass is 35.5. The number of anilines is 1. The molecule has 2 aromatic carbocycles. The van der Waals surface area contributed by atoms with Crippen LogP contribution in [0.5, 0.6) is 5.75 Å². The van der Waals surface area contributed by atoms with Crippen LogP contribution in [0.15, 0.2) is 48.6 Å². The SMILES string of the molecule is COC[C@H]1CC/C=C/[C@H](O)[C@@H]2CC[C@H]2CN2C[C@@]3(CCCc4cc(Cl)ccc43)COc3ccc(cc32)C(=O)NS1(=O)=O. The van der Waals surface area contributed by atoms with Crippen molar-refractivity contribution >= 4 is 33.2 Å². The van der Waals surface area contributed by atoms with Gasteiger partial charge in [-0.05, 0) is 98.2 Å². The second-order valence-electron chi connectivity index (χ2n) is 12.3. The van der Waals surface area contributed by atoms with Crippen LogP contribution in [0, 0.1) is 11.8 Å². The van der Waals surface area contributed by atoms with Crippen molar-refractivity contribution in [3.8, 4) is 5.75 Å². The van der Waals surface area contributed by atoms with Crippen LogP contribution < -0.4 is 14.4 Å². The average Bonchev–Trinajstić information content (AvgIpc) is 3.09. The fraction of sp³-hybridized carbons (Fsp3) is 0.531. The van der Waals surface area contributed by atoms with Crippen molar-refractivity contribution in [2.45, 2.75) is 61.7 Å². The van der Waals surface area contributed by atoms with E-state index in [1.165, 1.54) is 18.2 Å². The molecule has 1 spiro atoms. The molecule has 0 aromatic heterocycles. The Balaban J connectivity index is 1.41. The number of nitrogens with zero attached hydrogens (tertiary/aromatic N) is 1. The number of aryl methyl sites for hydroxylation is 1. The molecule has 2 N–H and O–H groups in total. The summed E-state index contributed by atoms with van der Waals surface area (Å²) in [7, 11) is -2.57. The summed E-state index contributed by atoms with van der Waals surface area (Å²) in [5.74, 6) is 0.380. The van der Waals surface area contributed by atoms with E-state index < -0.39 is 27.3 Å². The van der Waals surface area contributed by atoms with Gasteiger partial charge in [-0.1, -0.05) is 29.8 Å². The molecule has 2 aromatic rings. The van der Waals surface area contributed by atoms with E-state index in [1.54, 1.807) is 24.3 Å². The zero-order valence-electron chi connectivity index (χ0n) is 23.9. The van der Waals surface area contributed by atoms with E-state index in [1.807, 2.05) is 12.1 Å². The topological polar surface area (TPSA) is 105 Å². The highest BCUT2D eigenvalue weighted by molar-refractivity contribution is 7.90. The molecule has 1 fully saturated rings. The van der Waals surface area contributed by atoms with Crippen molar-refractivity contribution in [3.63, 3.8) is 0 Å². The number of carbonyl (C=O) groups is 1. The number of sulfonamides is 1. The Morgan fingerprint density at radius 1 is 1.19 bits per heavy atom. The Morgan fingerprint density at radius 2 is 2.05 bits per heavy atom. The average molecular weight is 615 g/mol. The smallest absolute Gasteiger partial charge is 0.264 e. The number of nitrogens with one attached hydrogen (secondary N) is 1. The van der Waals surface area contributed by atoms with Gasteiger partial charge in [0.1, 0.15) is 11.0 Å². The first-order chi connectivity index (χ1) is 20.2. The number of amides is 1. The van der Waals surface area contributed by atoms with E-state index in [4.69, 9.17) is 21.1 Å². The molecule has 10 heteroatoms. The quantitative estimate of drug-likeness (QED) is 0.476. The number of aliphatic hydroxyl groups is 1. The predicted octanol–water partition coefficient (Wildman–Crippen LogP) is 4.62. The van der Waals surface area contributed by atoms with Gasteiger partial charge in [-0.15, -0.1) is 0 Å². The van der Waals surface area contributed by atoms with Gasteiger partial charge in [0.2, 0.25) is 10.0 Å². The Hall–Kier alpha value is -2.59.